The first kappa shape index (κ1) is 11.0. The van der Waals surface area contributed by atoms with Crippen molar-refractivity contribution in [2.45, 2.75) is 12.8 Å². The maximum absolute atomic E-state index is 5.48. The quantitative estimate of drug-likeness (QED) is 0.423. The van der Waals surface area contributed by atoms with Crippen LogP contribution in [0.2, 0.25) is 0 Å². The molecule has 0 amide bonds. The molecule has 0 bridgehead atoms. The summed E-state index contributed by atoms with van der Waals surface area (Å²) in [5, 5.41) is 0. The smallest absolute Gasteiger partial charge is 0.0645 e. The van der Waals surface area contributed by atoms with Gasteiger partial charge in [-0.25, -0.2) is 0 Å². The fraction of sp³-hybridized carbons (Fsp3) is 0.333. The monoisotopic (exact) mass is 212 g/mol. The van der Waals surface area contributed by atoms with E-state index < -0.39 is 0 Å². The van der Waals surface area contributed by atoms with E-state index in [0.29, 0.717) is 6.61 Å². The topological polar surface area (TPSA) is 9.23 Å². The SMILES string of the molecule is C=CCOCC1(C#Cc2ccccc2)CC1. The second-order valence-corrected chi connectivity index (χ2v) is 4.20. The van der Waals surface area contributed by atoms with Gasteiger partial charge >= 0.3 is 0 Å². The number of rotatable bonds is 4. The fourth-order valence-electron chi connectivity index (χ4n) is 1.52. The van der Waals surface area contributed by atoms with Crippen molar-refractivity contribution in [2.75, 3.05) is 13.2 Å². The summed E-state index contributed by atoms with van der Waals surface area (Å²) in [4.78, 5) is 0. The molecular formula is C15H16O. The maximum atomic E-state index is 5.48. The summed E-state index contributed by atoms with van der Waals surface area (Å²) in [6.07, 6.45) is 4.09. The van der Waals surface area contributed by atoms with E-state index >= 15 is 0 Å². The molecule has 82 valence electrons. The third-order valence-corrected chi connectivity index (χ3v) is 2.71. The minimum absolute atomic E-state index is 0.124. The van der Waals surface area contributed by atoms with Crippen molar-refractivity contribution >= 4 is 0 Å². The molecule has 1 aromatic rings. The van der Waals surface area contributed by atoms with Crippen molar-refractivity contribution in [2.24, 2.45) is 5.41 Å². The van der Waals surface area contributed by atoms with Crippen LogP contribution in [0, 0.1) is 17.3 Å². The summed E-state index contributed by atoms with van der Waals surface area (Å²) in [5.74, 6) is 6.55. The Balaban J connectivity index is 1.94. The van der Waals surface area contributed by atoms with Crippen LogP contribution in [-0.4, -0.2) is 13.2 Å². The van der Waals surface area contributed by atoms with Gasteiger partial charge in [0.25, 0.3) is 0 Å². The summed E-state index contributed by atoms with van der Waals surface area (Å²) in [6.45, 7) is 4.99. The zero-order valence-electron chi connectivity index (χ0n) is 9.41. The summed E-state index contributed by atoms with van der Waals surface area (Å²) < 4.78 is 5.48. The Labute approximate surface area is 97.1 Å². The number of ether oxygens (including phenoxy) is 1. The van der Waals surface area contributed by atoms with Crippen molar-refractivity contribution in [1.29, 1.82) is 0 Å². The normalized spacial score (nSPS) is 16.0. The van der Waals surface area contributed by atoms with Gasteiger partial charge in [0.15, 0.2) is 0 Å². The van der Waals surface area contributed by atoms with E-state index in [1.165, 1.54) is 0 Å². The van der Waals surface area contributed by atoms with E-state index in [1.54, 1.807) is 6.08 Å². The van der Waals surface area contributed by atoms with Crippen LogP contribution in [0.25, 0.3) is 0 Å². The molecule has 0 atom stereocenters. The van der Waals surface area contributed by atoms with Gasteiger partial charge in [-0.1, -0.05) is 36.1 Å². The summed E-state index contributed by atoms with van der Waals surface area (Å²) in [7, 11) is 0. The Bertz CT molecular complexity index is 404. The minimum atomic E-state index is 0.124. The molecular weight excluding hydrogens is 196 g/mol. The molecule has 0 radical (unpaired) electrons. The molecule has 1 aliphatic carbocycles. The maximum Gasteiger partial charge on any atom is 0.0645 e. The highest BCUT2D eigenvalue weighted by molar-refractivity contribution is 5.36. The van der Waals surface area contributed by atoms with Crippen molar-refractivity contribution in [3.05, 3.63) is 48.6 Å². The minimum Gasteiger partial charge on any atom is -0.376 e. The molecule has 0 N–H and O–H groups in total. The number of benzene rings is 1. The van der Waals surface area contributed by atoms with Gasteiger partial charge in [0.1, 0.15) is 0 Å². The Morgan fingerprint density at radius 2 is 2.06 bits per heavy atom. The molecule has 1 aromatic carbocycles. The predicted molar refractivity (Wildman–Crippen MR) is 66.0 cm³/mol. The Morgan fingerprint density at radius 1 is 1.31 bits per heavy atom. The zero-order valence-corrected chi connectivity index (χ0v) is 9.41. The van der Waals surface area contributed by atoms with Gasteiger partial charge in [-0.05, 0) is 25.0 Å². The predicted octanol–water partition coefficient (Wildman–Crippen LogP) is 3.02. The Morgan fingerprint density at radius 3 is 2.69 bits per heavy atom. The van der Waals surface area contributed by atoms with Gasteiger partial charge in [-0.2, -0.15) is 0 Å². The van der Waals surface area contributed by atoms with E-state index in [9.17, 15) is 0 Å². The van der Waals surface area contributed by atoms with Gasteiger partial charge in [0, 0.05) is 5.56 Å². The van der Waals surface area contributed by atoms with Crippen LogP contribution >= 0.6 is 0 Å². The van der Waals surface area contributed by atoms with Crippen LogP contribution in [0.15, 0.2) is 43.0 Å². The third kappa shape index (κ3) is 2.98. The van der Waals surface area contributed by atoms with Crippen LogP contribution in [0.4, 0.5) is 0 Å². The third-order valence-electron chi connectivity index (χ3n) is 2.71. The first-order valence-electron chi connectivity index (χ1n) is 5.62. The van der Waals surface area contributed by atoms with Gasteiger partial charge in [-0.15, -0.1) is 6.58 Å². The lowest BCUT2D eigenvalue weighted by Gasteiger charge is -2.06. The van der Waals surface area contributed by atoms with Crippen LogP contribution < -0.4 is 0 Å². The Hall–Kier alpha value is -1.52. The van der Waals surface area contributed by atoms with Crippen LogP contribution in [0.1, 0.15) is 18.4 Å². The van der Waals surface area contributed by atoms with E-state index in [1.807, 2.05) is 30.3 Å². The van der Waals surface area contributed by atoms with Gasteiger partial charge < -0.3 is 4.74 Å². The number of hydrogen-bond donors (Lipinski definition) is 0. The lowest BCUT2D eigenvalue weighted by molar-refractivity contribution is 0.133. The average Bonchev–Trinajstić information content (AvgIpc) is 3.09. The summed E-state index contributed by atoms with van der Waals surface area (Å²) >= 11 is 0. The highest BCUT2D eigenvalue weighted by Crippen LogP contribution is 2.45. The van der Waals surface area contributed by atoms with Crippen molar-refractivity contribution in [3.8, 4) is 11.8 Å². The average molecular weight is 212 g/mol. The van der Waals surface area contributed by atoms with Crippen LogP contribution in [-0.2, 0) is 4.74 Å². The van der Waals surface area contributed by atoms with Crippen molar-refractivity contribution < 1.29 is 4.74 Å². The van der Waals surface area contributed by atoms with Crippen LogP contribution in [0.3, 0.4) is 0 Å². The van der Waals surface area contributed by atoms with Gasteiger partial charge in [0.05, 0.1) is 18.6 Å². The van der Waals surface area contributed by atoms with Gasteiger partial charge in [0.2, 0.25) is 0 Å². The van der Waals surface area contributed by atoms with Crippen LogP contribution in [0.5, 0.6) is 0 Å². The fourth-order valence-corrected chi connectivity index (χ4v) is 1.52. The molecule has 0 aliphatic heterocycles. The molecule has 1 saturated carbocycles. The lowest BCUT2D eigenvalue weighted by Crippen LogP contribution is -2.08. The number of hydrogen-bond acceptors (Lipinski definition) is 1. The molecule has 1 aliphatic rings. The molecule has 0 unspecified atom stereocenters. The lowest BCUT2D eigenvalue weighted by atomic mass is 10.1. The molecule has 0 saturated heterocycles. The molecule has 16 heavy (non-hydrogen) atoms. The van der Waals surface area contributed by atoms with E-state index in [0.717, 1.165) is 25.0 Å². The molecule has 0 heterocycles. The molecule has 1 fully saturated rings. The van der Waals surface area contributed by atoms with Crippen molar-refractivity contribution in [3.63, 3.8) is 0 Å². The molecule has 2 rings (SSSR count). The largest absolute Gasteiger partial charge is 0.376 e. The molecule has 0 aromatic heterocycles. The van der Waals surface area contributed by atoms with E-state index in [-0.39, 0.29) is 5.41 Å². The first-order valence-corrected chi connectivity index (χ1v) is 5.62. The second-order valence-electron chi connectivity index (χ2n) is 4.20. The highest BCUT2D eigenvalue weighted by Gasteiger charge is 2.41. The zero-order chi connectivity index (χ0) is 11.3. The molecule has 1 nitrogen and oxygen atoms in total. The summed E-state index contributed by atoms with van der Waals surface area (Å²) in [6, 6.07) is 10.1. The van der Waals surface area contributed by atoms with E-state index in [2.05, 4.69) is 18.4 Å². The van der Waals surface area contributed by atoms with E-state index in [4.69, 9.17) is 4.74 Å². The Kier molecular flexibility index (Phi) is 3.44. The molecule has 0 spiro atoms. The highest BCUT2D eigenvalue weighted by atomic mass is 16.5. The first-order chi connectivity index (χ1) is 7.85. The second kappa shape index (κ2) is 5.01. The van der Waals surface area contributed by atoms with Gasteiger partial charge in [-0.3, -0.25) is 0 Å². The molecule has 1 heteroatoms. The standard InChI is InChI=1S/C15H16O/c1-2-12-16-13-15(10-11-15)9-8-14-6-4-3-5-7-14/h2-7H,1,10-13H2. The summed E-state index contributed by atoms with van der Waals surface area (Å²) in [5.41, 5.74) is 1.20. The van der Waals surface area contributed by atoms with Crippen molar-refractivity contribution in [1.82, 2.24) is 0 Å².